The van der Waals surface area contributed by atoms with Crippen LogP contribution in [0.4, 0.5) is 4.79 Å². The molecule has 2 amide bonds. The van der Waals surface area contributed by atoms with E-state index in [4.69, 9.17) is 0 Å². The quantitative estimate of drug-likeness (QED) is 0.674. The Morgan fingerprint density at radius 3 is 2.85 bits per heavy atom. The van der Waals surface area contributed by atoms with Crippen LogP contribution in [0.5, 0.6) is 0 Å². The van der Waals surface area contributed by atoms with Crippen molar-refractivity contribution in [2.45, 2.75) is 32.3 Å². The standard InChI is InChI=1S/C9H18N2O2/c1-3-4-9(2,13)7-11-6-5-10-8(11)12/h13H,3-7H2,1-2H3,(H,10,12). The van der Waals surface area contributed by atoms with Gasteiger partial charge in [0.25, 0.3) is 0 Å². The van der Waals surface area contributed by atoms with Gasteiger partial charge in [-0.2, -0.15) is 0 Å². The number of hydrogen-bond acceptors (Lipinski definition) is 2. The number of urea groups is 1. The fourth-order valence-corrected chi connectivity index (χ4v) is 1.69. The van der Waals surface area contributed by atoms with Crippen LogP contribution in [-0.2, 0) is 0 Å². The van der Waals surface area contributed by atoms with Crippen molar-refractivity contribution < 1.29 is 9.90 Å². The summed E-state index contributed by atoms with van der Waals surface area (Å²) in [4.78, 5) is 12.8. The van der Waals surface area contributed by atoms with Crippen molar-refractivity contribution in [3.63, 3.8) is 0 Å². The smallest absolute Gasteiger partial charge is 0.317 e. The Hall–Kier alpha value is -0.770. The number of hydrogen-bond donors (Lipinski definition) is 2. The summed E-state index contributed by atoms with van der Waals surface area (Å²) >= 11 is 0. The molecule has 2 N–H and O–H groups in total. The lowest BCUT2D eigenvalue weighted by Crippen LogP contribution is -2.42. The summed E-state index contributed by atoms with van der Waals surface area (Å²) in [6.45, 7) is 5.65. The molecule has 13 heavy (non-hydrogen) atoms. The van der Waals surface area contributed by atoms with Gasteiger partial charge >= 0.3 is 6.03 Å². The van der Waals surface area contributed by atoms with E-state index >= 15 is 0 Å². The molecule has 1 aliphatic rings. The van der Waals surface area contributed by atoms with Crippen molar-refractivity contribution in [2.24, 2.45) is 0 Å². The minimum atomic E-state index is -0.740. The number of rotatable bonds is 4. The van der Waals surface area contributed by atoms with Crippen molar-refractivity contribution in [3.05, 3.63) is 0 Å². The maximum atomic E-state index is 11.2. The first-order valence-corrected chi connectivity index (χ1v) is 4.80. The van der Waals surface area contributed by atoms with Crippen LogP contribution in [-0.4, -0.2) is 41.3 Å². The highest BCUT2D eigenvalue weighted by Crippen LogP contribution is 2.14. The van der Waals surface area contributed by atoms with Gasteiger partial charge in [-0.1, -0.05) is 13.3 Å². The molecule has 0 radical (unpaired) electrons. The predicted octanol–water partition coefficient (Wildman–Crippen LogP) is 0.563. The molecular formula is C9H18N2O2. The molecular weight excluding hydrogens is 168 g/mol. The largest absolute Gasteiger partial charge is 0.388 e. The van der Waals surface area contributed by atoms with Crippen molar-refractivity contribution >= 4 is 6.03 Å². The molecule has 1 unspecified atom stereocenters. The number of β-amino-alcohol motifs (C(OH)–C–C–N with tert-alkyl or cyclic N) is 1. The summed E-state index contributed by atoms with van der Waals surface area (Å²) in [6.07, 6.45) is 1.67. The van der Waals surface area contributed by atoms with Gasteiger partial charge in [-0.15, -0.1) is 0 Å². The zero-order valence-corrected chi connectivity index (χ0v) is 8.34. The maximum Gasteiger partial charge on any atom is 0.317 e. The van der Waals surface area contributed by atoms with E-state index in [0.717, 1.165) is 12.8 Å². The van der Waals surface area contributed by atoms with E-state index in [1.807, 2.05) is 6.92 Å². The second-order valence-electron chi connectivity index (χ2n) is 3.90. The third-order valence-electron chi connectivity index (χ3n) is 2.27. The summed E-state index contributed by atoms with van der Waals surface area (Å²) in [5.41, 5.74) is -0.740. The Balaban J connectivity index is 2.42. The number of nitrogens with one attached hydrogen (secondary N) is 1. The maximum absolute atomic E-state index is 11.2. The second-order valence-corrected chi connectivity index (χ2v) is 3.90. The van der Waals surface area contributed by atoms with Gasteiger partial charge in [-0.25, -0.2) is 4.79 Å². The first kappa shape index (κ1) is 10.3. The topological polar surface area (TPSA) is 52.6 Å². The van der Waals surface area contributed by atoms with E-state index in [9.17, 15) is 9.90 Å². The molecule has 0 aromatic heterocycles. The van der Waals surface area contributed by atoms with E-state index < -0.39 is 5.60 Å². The van der Waals surface area contributed by atoms with E-state index in [2.05, 4.69) is 5.32 Å². The number of carbonyl (C=O) groups is 1. The molecule has 4 heteroatoms. The Morgan fingerprint density at radius 1 is 1.69 bits per heavy atom. The molecule has 1 rings (SSSR count). The first-order valence-electron chi connectivity index (χ1n) is 4.80. The first-order chi connectivity index (χ1) is 6.05. The Labute approximate surface area is 78.9 Å². The summed E-state index contributed by atoms with van der Waals surface area (Å²) < 4.78 is 0. The van der Waals surface area contributed by atoms with Crippen LogP contribution in [0.2, 0.25) is 0 Å². The summed E-state index contributed by atoms with van der Waals surface area (Å²) in [5.74, 6) is 0. The van der Waals surface area contributed by atoms with Crippen LogP contribution in [0.3, 0.4) is 0 Å². The van der Waals surface area contributed by atoms with Gasteiger partial charge in [0.1, 0.15) is 0 Å². The fraction of sp³-hybridized carbons (Fsp3) is 0.889. The molecule has 1 atom stereocenters. The van der Waals surface area contributed by atoms with Crippen LogP contribution >= 0.6 is 0 Å². The third kappa shape index (κ3) is 2.88. The highest BCUT2D eigenvalue weighted by atomic mass is 16.3. The van der Waals surface area contributed by atoms with Crippen LogP contribution < -0.4 is 5.32 Å². The normalized spacial score (nSPS) is 21.5. The van der Waals surface area contributed by atoms with Gasteiger partial charge in [0.05, 0.1) is 12.1 Å². The zero-order chi connectivity index (χ0) is 9.90. The average Bonchev–Trinajstić information content (AvgIpc) is 2.35. The number of nitrogens with zero attached hydrogens (tertiary/aromatic N) is 1. The van der Waals surface area contributed by atoms with Gasteiger partial charge < -0.3 is 15.3 Å². The molecule has 76 valence electrons. The molecule has 0 aromatic carbocycles. The summed E-state index contributed by atoms with van der Waals surface area (Å²) in [6, 6.07) is -0.0589. The van der Waals surface area contributed by atoms with Crippen LogP contribution in [0.25, 0.3) is 0 Å². The third-order valence-corrected chi connectivity index (χ3v) is 2.27. The van der Waals surface area contributed by atoms with Crippen LogP contribution in [0.1, 0.15) is 26.7 Å². The summed E-state index contributed by atoms with van der Waals surface area (Å²) in [7, 11) is 0. The molecule has 0 aliphatic carbocycles. The molecule has 0 aromatic rings. The minimum absolute atomic E-state index is 0.0589. The van der Waals surface area contributed by atoms with Gasteiger partial charge in [-0.05, 0) is 13.3 Å². The lowest BCUT2D eigenvalue weighted by molar-refractivity contribution is 0.0262. The fourth-order valence-electron chi connectivity index (χ4n) is 1.69. The average molecular weight is 186 g/mol. The molecule has 4 nitrogen and oxygen atoms in total. The highest BCUT2D eigenvalue weighted by Gasteiger charge is 2.28. The van der Waals surface area contributed by atoms with Crippen LogP contribution in [0.15, 0.2) is 0 Å². The molecule has 0 saturated carbocycles. The minimum Gasteiger partial charge on any atom is -0.388 e. The van der Waals surface area contributed by atoms with Gasteiger partial charge in [-0.3, -0.25) is 0 Å². The monoisotopic (exact) mass is 186 g/mol. The molecule has 0 bridgehead atoms. The van der Waals surface area contributed by atoms with Crippen molar-refractivity contribution in [3.8, 4) is 0 Å². The summed E-state index contributed by atoms with van der Waals surface area (Å²) in [5, 5.41) is 12.6. The number of amides is 2. The van der Waals surface area contributed by atoms with Gasteiger partial charge in [0, 0.05) is 13.1 Å². The molecule has 1 aliphatic heterocycles. The molecule has 1 heterocycles. The van der Waals surface area contributed by atoms with Gasteiger partial charge in [0.2, 0.25) is 0 Å². The van der Waals surface area contributed by atoms with Crippen molar-refractivity contribution in [1.82, 2.24) is 10.2 Å². The lowest BCUT2D eigenvalue weighted by atomic mass is 10.0. The number of aliphatic hydroxyl groups is 1. The van der Waals surface area contributed by atoms with E-state index in [0.29, 0.717) is 19.6 Å². The lowest BCUT2D eigenvalue weighted by Gasteiger charge is -2.27. The predicted molar refractivity (Wildman–Crippen MR) is 50.5 cm³/mol. The Bertz CT molecular complexity index is 192. The SMILES string of the molecule is CCCC(C)(O)CN1CCNC1=O. The molecule has 1 fully saturated rings. The highest BCUT2D eigenvalue weighted by molar-refractivity contribution is 5.76. The number of carbonyl (C=O) groups excluding carboxylic acids is 1. The van der Waals surface area contributed by atoms with Crippen molar-refractivity contribution in [2.75, 3.05) is 19.6 Å². The van der Waals surface area contributed by atoms with E-state index in [1.165, 1.54) is 0 Å². The van der Waals surface area contributed by atoms with Crippen molar-refractivity contribution in [1.29, 1.82) is 0 Å². The van der Waals surface area contributed by atoms with E-state index in [-0.39, 0.29) is 6.03 Å². The molecule has 1 saturated heterocycles. The van der Waals surface area contributed by atoms with Gasteiger partial charge in [0.15, 0.2) is 0 Å². The van der Waals surface area contributed by atoms with E-state index in [1.54, 1.807) is 11.8 Å². The Kier molecular flexibility index (Phi) is 3.14. The van der Waals surface area contributed by atoms with Crippen LogP contribution in [0, 0.1) is 0 Å². The second kappa shape index (κ2) is 3.96. The zero-order valence-electron chi connectivity index (χ0n) is 8.34. The Morgan fingerprint density at radius 2 is 2.38 bits per heavy atom. The molecule has 0 spiro atoms.